The maximum atomic E-state index is 12.3. The van der Waals surface area contributed by atoms with E-state index in [2.05, 4.69) is 5.10 Å². The number of rotatable bonds is 1. The molecule has 0 radical (unpaired) electrons. The average molecular weight is 235 g/mol. The number of nitrogens with zero attached hydrogens (tertiary/aromatic N) is 3. The van der Waals surface area contributed by atoms with Crippen LogP contribution in [-0.2, 0) is 6.54 Å². The fourth-order valence-electron chi connectivity index (χ4n) is 2.53. The van der Waals surface area contributed by atoms with E-state index < -0.39 is 0 Å². The van der Waals surface area contributed by atoms with E-state index in [1.807, 2.05) is 16.5 Å². The summed E-state index contributed by atoms with van der Waals surface area (Å²) in [5, 5.41) is 4.40. The van der Waals surface area contributed by atoms with Gasteiger partial charge in [0, 0.05) is 31.6 Å². The Morgan fingerprint density at radius 1 is 1.24 bits per heavy atom. The molecule has 2 aliphatic heterocycles. The van der Waals surface area contributed by atoms with Crippen LogP contribution in [0.3, 0.4) is 0 Å². The first kappa shape index (κ1) is 10.6. The van der Waals surface area contributed by atoms with Gasteiger partial charge in [-0.05, 0) is 19.8 Å². The number of carbonyl (C=O) groups is 1. The third kappa shape index (κ3) is 1.69. The molecule has 92 valence electrons. The van der Waals surface area contributed by atoms with Crippen molar-refractivity contribution in [2.75, 3.05) is 19.7 Å². The van der Waals surface area contributed by atoms with E-state index >= 15 is 0 Å². The van der Waals surface area contributed by atoms with Crippen LogP contribution in [0.25, 0.3) is 0 Å². The van der Waals surface area contributed by atoms with Gasteiger partial charge in [-0.15, -0.1) is 0 Å². The van der Waals surface area contributed by atoms with E-state index in [9.17, 15) is 4.79 Å². The van der Waals surface area contributed by atoms with Gasteiger partial charge in [0.2, 0.25) is 5.88 Å². The van der Waals surface area contributed by atoms with Crippen molar-refractivity contribution in [2.24, 2.45) is 0 Å². The van der Waals surface area contributed by atoms with Gasteiger partial charge in [-0.2, -0.15) is 5.10 Å². The summed E-state index contributed by atoms with van der Waals surface area (Å²) in [6.07, 6.45) is 3.18. The lowest BCUT2D eigenvalue weighted by molar-refractivity contribution is 0.0785. The summed E-state index contributed by atoms with van der Waals surface area (Å²) < 4.78 is 7.40. The van der Waals surface area contributed by atoms with Crippen LogP contribution in [0, 0.1) is 6.92 Å². The van der Waals surface area contributed by atoms with Gasteiger partial charge in [0.25, 0.3) is 5.91 Å². The third-order valence-electron chi connectivity index (χ3n) is 3.48. The van der Waals surface area contributed by atoms with Crippen molar-refractivity contribution in [2.45, 2.75) is 32.7 Å². The predicted octanol–water partition coefficient (Wildman–Crippen LogP) is 1.21. The highest BCUT2D eigenvalue weighted by molar-refractivity contribution is 5.94. The Labute approximate surface area is 100 Å². The van der Waals surface area contributed by atoms with Crippen LogP contribution in [0.15, 0.2) is 0 Å². The summed E-state index contributed by atoms with van der Waals surface area (Å²) in [6, 6.07) is 0. The quantitative estimate of drug-likeness (QED) is 0.735. The number of amides is 1. The van der Waals surface area contributed by atoms with Crippen molar-refractivity contribution in [3.05, 3.63) is 11.3 Å². The van der Waals surface area contributed by atoms with Crippen LogP contribution < -0.4 is 4.74 Å². The van der Waals surface area contributed by atoms with Gasteiger partial charge in [-0.25, -0.2) is 4.68 Å². The van der Waals surface area contributed by atoms with E-state index in [1.54, 1.807) is 0 Å². The van der Waals surface area contributed by atoms with Gasteiger partial charge in [-0.3, -0.25) is 4.79 Å². The standard InChI is InChI=1S/C12H17N3O2/c1-9-10(11(16)14-5-2-3-6-14)13-15-7-4-8-17-12(9)15/h2-8H2,1H3. The van der Waals surface area contributed by atoms with Crippen LogP contribution in [0.4, 0.5) is 0 Å². The highest BCUT2D eigenvalue weighted by Crippen LogP contribution is 2.26. The second-order valence-corrected chi connectivity index (χ2v) is 4.70. The molecule has 1 amide bonds. The zero-order chi connectivity index (χ0) is 11.8. The number of ether oxygens (including phenoxy) is 1. The molecule has 5 nitrogen and oxygen atoms in total. The number of aryl methyl sites for hydroxylation is 1. The lowest BCUT2D eigenvalue weighted by atomic mass is 10.2. The molecule has 3 heterocycles. The molecular weight excluding hydrogens is 218 g/mol. The molecule has 1 fully saturated rings. The highest BCUT2D eigenvalue weighted by Gasteiger charge is 2.27. The zero-order valence-electron chi connectivity index (χ0n) is 10.1. The third-order valence-corrected chi connectivity index (χ3v) is 3.48. The minimum Gasteiger partial charge on any atom is -0.478 e. The monoisotopic (exact) mass is 235 g/mol. The predicted molar refractivity (Wildman–Crippen MR) is 62.2 cm³/mol. The van der Waals surface area contributed by atoms with Gasteiger partial charge in [0.05, 0.1) is 6.61 Å². The fourth-order valence-corrected chi connectivity index (χ4v) is 2.53. The number of carbonyl (C=O) groups excluding carboxylic acids is 1. The Kier molecular flexibility index (Phi) is 2.53. The SMILES string of the molecule is Cc1c(C(=O)N2CCCC2)nn2c1OCCC2. The van der Waals surface area contributed by atoms with E-state index in [1.165, 1.54) is 0 Å². The molecular formula is C12H17N3O2. The maximum Gasteiger partial charge on any atom is 0.274 e. The summed E-state index contributed by atoms with van der Waals surface area (Å²) in [4.78, 5) is 14.2. The zero-order valence-corrected chi connectivity index (χ0v) is 10.1. The van der Waals surface area contributed by atoms with E-state index in [-0.39, 0.29) is 5.91 Å². The number of aromatic nitrogens is 2. The van der Waals surface area contributed by atoms with Crippen LogP contribution in [0.2, 0.25) is 0 Å². The molecule has 17 heavy (non-hydrogen) atoms. The molecule has 0 spiro atoms. The van der Waals surface area contributed by atoms with Crippen LogP contribution >= 0.6 is 0 Å². The van der Waals surface area contributed by atoms with Crippen molar-refractivity contribution in [1.29, 1.82) is 0 Å². The Balaban J connectivity index is 1.92. The van der Waals surface area contributed by atoms with Crippen LogP contribution in [0.1, 0.15) is 35.3 Å². The summed E-state index contributed by atoms with van der Waals surface area (Å²) in [5.74, 6) is 0.837. The van der Waals surface area contributed by atoms with Gasteiger partial charge >= 0.3 is 0 Å². The minimum atomic E-state index is 0.0606. The topological polar surface area (TPSA) is 47.4 Å². The normalized spacial score (nSPS) is 19.0. The summed E-state index contributed by atoms with van der Waals surface area (Å²) in [5.41, 5.74) is 1.46. The lowest BCUT2D eigenvalue weighted by Crippen LogP contribution is -2.28. The van der Waals surface area contributed by atoms with Crippen molar-refractivity contribution in [3.63, 3.8) is 0 Å². The number of fused-ring (bicyclic) bond motifs is 1. The largest absolute Gasteiger partial charge is 0.478 e. The molecule has 0 saturated carbocycles. The molecule has 1 saturated heterocycles. The molecule has 2 aliphatic rings. The number of hydrogen-bond acceptors (Lipinski definition) is 3. The van der Waals surface area contributed by atoms with Crippen LogP contribution in [-0.4, -0.2) is 40.3 Å². The second-order valence-electron chi connectivity index (χ2n) is 4.70. The molecule has 0 N–H and O–H groups in total. The molecule has 0 unspecified atom stereocenters. The first-order chi connectivity index (χ1) is 8.27. The first-order valence-corrected chi connectivity index (χ1v) is 6.27. The van der Waals surface area contributed by atoms with Gasteiger partial charge in [-0.1, -0.05) is 0 Å². The van der Waals surface area contributed by atoms with E-state index in [4.69, 9.17) is 4.74 Å². The Morgan fingerprint density at radius 3 is 2.71 bits per heavy atom. The van der Waals surface area contributed by atoms with Crippen LogP contribution in [0.5, 0.6) is 5.88 Å². The van der Waals surface area contributed by atoms with Crippen molar-refractivity contribution < 1.29 is 9.53 Å². The molecule has 0 atom stereocenters. The second kappa shape index (κ2) is 4.05. The van der Waals surface area contributed by atoms with E-state index in [0.29, 0.717) is 5.69 Å². The van der Waals surface area contributed by atoms with Crippen molar-refractivity contribution in [3.8, 4) is 5.88 Å². The lowest BCUT2D eigenvalue weighted by Gasteiger charge is -2.14. The van der Waals surface area contributed by atoms with Crippen molar-refractivity contribution in [1.82, 2.24) is 14.7 Å². The van der Waals surface area contributed by atoms with E-state index in [0.717, 1.165) is 56.9 Å². The maximum absolute atomic E-state index is 12.3. The molecule has 0 bridgehead atoms. The average Bonchev–Trinajstić information content (AvgIpc) is 2.97. The van der Waals surface area contributed by atoms with Crippen molar-refractivity contribution >= 4 is 5.91 Å². The summed E-state index contributed by atoms with van der Waals surface area (Å²) in [6.45, 7) is 5.23. The summed E-state index contributed by atoms with van der Waals surface area (Å²) in [7, 11) is 0. The molecule has 0 aromatic carbocycles. The van der Waals surface area contributed by atoms with Gasteiger partial charge < -0.3 is 9.64 Å². The Bertz CT molecular complexity index is 447. The first-order valence-electron chi connectivity index (χ1n) is 6.27. The molecule has 0 aliphatic carbocycles. The smallest absolute Gasteiger partial charge is 0.274 e. The van der Waals surface area contributed by atoms with Gasteiger partial charge in [0.15, 0.2) is 5.69 Å². The highest BCUT2D eigenvalue weighted by atomic mass is 16.5. The Morgan fingerprint density at radius 2 is 2.00 bits per heavy atom. The molecule has 3 rings (SSSR count). The molecule has 5 heteroatoms. The summed E-state index contributed by atoms with van der Waals surface area (Å²) >= 11 is 0. The van der Waals surface area contributed by atoms with Gasteiger partial charge in [0.1, 0.15) is 0 Å². The minimum absolute atomic E-state index is 0.0606. The molecule has 1 aromatic heterocycles. The molecule has 1 aromatic rings. The number of hydrogen-bond donors (Lipinski definition) is 0. The Hall–Kier alpha value is -1.52. The number of likely N-dealkylation sites (tertiary alicyclic amines) is 1. The fraction of sp³-hybridized carbons (Fsp3) is 0.667.